The van der Waals surface area contributed by atoms with Crippen LogP contribution in [0.25, 0.3) is 0 Å². The SMILES string of the molecule is Cc1cc(CC(=O)Nc2cc([C@H]3C[C@H]3C(=O)O)ccc2N(CC(C)C)[C@@H]2C[C@H]3CC[C@@H]2C3)no1. The van der Waals surface area contributed by atoms with E-state index < -0.39 is 5.97 Å². The maximum atomic E-state index is 13.0. The van der Waals surface area contributed by atoms with Crippen LogP contribution >= 0.6 is 0 Å². The van der Waals surface area contributed by atoms with Gasteiger partial charge in [-0.3, -0.25) is 9.59 Å². The summed E-state index contributed by atoms with van der Waals surface area (Å²) < 4.78 is 5.12. The number of fused-ring (bicyclic) bond motifs is 2. The van der Waals surface area contributed by atoms with E-state index in [1.54, 1.807) is 6.07 Å². The smallest absolute Gasteiger partial charge is 0.307 e. The monoisotopic (exact) mass is 465 g/mol. The second-order valence-electron chi connectivity index (χ2n) is 11.0. The molecule has 3 fully saturated rings. The third kappa shape index (κ3) is 4.70. The first kappa shape index (κ1) is 22.9. The molecule has 0 saturated heterocycles. The van der Waals surface area contributed by atoms with Crippen molar-refractivity contribution in [3.05, 3.63) is 41.3 Å². The van der Waals surface area contributed by atoms with Gasteiger partial charge >= 0.3 is 5.97 Å². The van der Waals surface area contributed by atoms with Crippen LogP contribution in [-0.4, -0.2) is 34.7 Å². The van der Waals surface area contributed by atoms with E-state index in [1.165, 1.54) is 25.7 Å². The van der Waals surface area contributed by atoms with Crippen molar-refractivity contribution in [2.75, 3.05) is 16.8 Å². The highest BCUT2D eigenvalue weighted by atomic mass is 16.5. The van der Waals surface area contributed by atoms with E-state index in [0.29, 0.717) is 35.8 Å². The first-order valence-corrected chi connectivity index (χ1v) is 12.6. The number of aromatic nitrogens is 1. The number of hydrogen-bond donors (Lipinski definition) is 2. The Bertz CT molecular complexity index is 1080. The largest absolute Gasteiger partial charge is 0.481 e. The number of anilines is 2. The quantitative estimate of drug-likeness (QED) is 0.541. The zero-order valence-corrected chi connectivity index (χ0v) is 20.3. The Morgan fingerprint density at radius 2 is 2.03 bits per heavy atom. The molecule has 1 amide bonds. The lowest BCUT2D eigenvalue weighted by molar-refractivity contribution is -0.138. The number of benzene rings is 1. The van der Waals surface area contributed by atoms with Gasteiger partial charge in [-0.15, -0.1) is 0 Å². The van der Waals surface area contributed by atoms with Crippen molar-refractivity contribution in [1.29, 1.82) is 0 Å². The number of nitrogens with one attached hydrogen (secondary N) is 1. The van der Waals surface area contributed by atoms with Gasteiger partial charge in [0.05, 0.1) is 29.4 Å². The maximum absolute atomic E-state index is 13.0. The van der Waals surface area contributed by atoms with Crippen LogP contribution in [0.3, 0.4) is 0 Å². The van der Waals surface area contributed by atoms with E-state index in [0.717, 1.165) is 29.4 Å². The van der Waals surface area contributed by atoms with Crippen LogP contribution in [0, 0.1) is 30.6 Å². The molecule has 7 heteroatoms. The fourth-order valence-electron chi connectivity index (χ4n) is 6.23. The molecule has 3 aliphatic carbocycles. The minimum absolute atomic E-state index is 0.0152. The third-order valence-corrected chi connectivity index (χ3v) is 7.82. The third-order valence-electron chi connectivity index (χ3n) is 7.82. The van der Waals surface area contributed by atoms with Crippen LogP contribution in [0.4, 0.5) is 11.4 Å². The topological polar surface area (TPSA) is 95.7 Å². The maximum Gasteiger partial charge on any atom is 0.307 e. The lowest BCUT2D eigenvalue weighted by Gasteiger charge is -2.39. The Balaban J connectivity index is 1.45. The Morgan fingerprint density at radius 3 is 2.62 bits per heavy atom. The molecule has 3 saturated carbocycles. The average molecular weight is 466 g/mol. The fourth-order valence-corrected chi connectivity index (χ4v) is 6.23. The molecule has 1 heterocycles. The zero-order chi connectivity index (χ0) is 24.0. The minimum Gasteiger partial charge on any atom is -0.481 e. The molecule has 7 nitrogen and oxygen atoms in total. The molecule has 2 aromatic rings. The van der Waals surface area contributed by atoms with Gasteiger partial charge < -0.3 is 19.8 Å². The summed E-state index contributed by atoms with van der Waals surface area (Å²) in [7, 11) is 0. The van der Waals surface area contributed by atoms with E-state index in [1.807, 2.05) is 13.0 Å². The number of aryl methyl sites for hydroxylation is 1. The van der Waals surface area contributed by atoms with Gasteiger partial charge in [-0.1, -0.05) is 31.5 Å². The summed E-state index contributed by atoms with van der Waals surface area (Å²) in [6.45, 7) is 7.21. The number of aliphatic carboxylic acids is 1. The lowest BCUT2D eigenvalue weighted by atomic mass is 9.92. The summed E-state index contributed by atoms with van der Waals surface area (Å²) in [6.07, 6.45) is 5.95. The summed E-state index contributed by atoms with van der Waals surface area (Å²) in [4.78, 5) is 27.0. The molecule has 0 aliphatic heterocycles. The van der Waals surface area contributed by atoms with E-state index in [4.69, 9.17) is 4.52 Å². The molecule has 2 bridgehead atoms. The van der Waals surface area contributed by atoms with Crippen molar-refractivity contribution < 1.29 is 19.2 Å². The molecule has 1 aromatic carbocycles. The average Bonchev–Trinajstić information content (AvgIpc) is 3.05. The normalized spacial score (nSPS) is 27.2. The van der Waals surface area contributed by atoms with E-state index >= 15 is 0 Å². The number of carboxylic acids is 1. The Morgan fingerprint density at radius 1 is 1.21 bits per heavy atom. The van der Waals surface area contributed by atoms with Crippen LogP contribution in [-0.2, 0) is 16.0 Å². The van der Waals surface area contributed by atoms with E-state index in [2.05, 4.69) is 41.4 Å². The second-order valence-corrected chi connectivity index (χ2v) is 11.0. The van der Waals surface area contributed by atoms with Gasteiger partial charge in [-0.05, 0) is 74.0 Å². The van der Waals surface area contributed by atoms with Gasteiger partial charge in [-0.2, -0.15) is 0 Å². The summed E-state index contributed by atoms with van der Waals surface area (Å²) >= 11 is 0. The first-order valence-electron chi connectivity index (χ1n) is 12.6. The summed E-state index contributed by atoms with van der Waals surface area (Å²) in [5, 5.41) is 16.5. The Kier molecular flexibility index (Phi) is 6.13. The van der Waals surface area contributed by atoms with Gasteiger partial charge in [0.15, 0.2) is 0 Å². The van der Waals surface area contributed by atoms with Crippen LogP contribution in [0.15, 0.2) is 28.8 Å². The van der Waals surface area contributed by atoms with Gasteiger partial charge in [0.25, 0.3) is 0 Å². The Labute approximate surface area is 200 Å². The van der Waals surface area contributed by atoms with E-state index in [9.17, 15) is 14.7 Å². The Hall–Kier alpha value is -2.83. The number of rotatable bonds is 9. The van der Waals surface area contributed by atoms with Crippen molar-refractivity contribution in [2.45, 2.75) is 71.3 Å². The second kappa shape index (κ2) is 9.08. The molecule has 1 aromatic heterocycles. The minimum atomic E-state index is -0.746. The highest BCUT2D eigenvalue weighted by Gasteiger charge is 2.45. The van der Waals surface area contributed by atoms with Crippen LogP contribution < -0.4 is 10.2 Å². The van der Waals surface area contributed by atoms with Crippen molar-refractivity contribution in [1.82, 2.24) is 5.16 Å². The van der Waals surface area contributed by atoms with Gasteiger partial charge in [0.1, 0.15) is 5.76 Å². The van der Waals surface area contributed by atoms with Crippen molar-refractivity contribution >= 4 is 23.3 Å². The molecular formula is C27H35N3O4. The fraction of sp³-hybridized carbons (Fsp3) is 0.593. The van der Waals surface area contributed by atoms with Gasteiger partial charge in [0, 0.05) is 18.7 Å². The molecule has 0 unspecified atom stereocenters. The summed E-state index contributed by atoms with van der Waals surface area (Å²) in [6, 6.07) is 8.46. The highest BCUT2D eigenvalue weighted by Crippen LogP contribution is 2.51. The number of carboxylic acid groups (broad SMARTS) is 1. The number of carbonyl (C=O) groups excluding carboxylic acids is 1. The van der Waals surface area contributed by atoms with Gasteiger partial charge in [0.2, 0.25) is 5.91 Å². The van der Waals surface area contributed by atoms with Crippen LogP contribution in [0.2, 0.25) is 0 Å². The molecule has 182 valence electrons. The molecular weight excluding hydrogens is 430 g/mol. The van der Waals surface area contributed by atoms with Gasteiger partial charge in [-0.25, -0.2) is 0 Å². The molecule has 5 atom stereocenters. The molecule has 0 radical (unpaired) electrons. The number of carbonyl (C=O) groups is 2. The molecule has 0 spiro atoms. The standard InChI is InChI=1S/C27H35N3O4/c1-15(2)14-30(25-10-17-4-5-19(25)9-17)24-7-6-18(21-13-22(21)27(32)33)11-23(24)28-26(31)12-20-8-16(3)34-29-20/h6-8,11,15,17,19,21-22,25H,4-5,9-10,12-14H2,1-3H3,(H,28,31)(H,32,33)/t17-,19+,21+,22+,25+/m0/s1. The number of nitrogens with zero attached hydrogens (tertiary/aromatic N) is 2. The van der Waals surface area contributed by atoms with Crippen molar-refractivity contribution in [3.8, 4) is 0 Å². The molecule has 2 N–H and O–H groups in total. The van der Waals surface area contributed by atoms with Crippen LogP contribution in [0.5, 0.6) is 0 Å². The molecule has 5 rings (SSSR count). The van der Waals surface area contributed by atoms with Crippen LogP contribution in [0.1, 0.15) is 68.9 Å². The summed E-state index contributed by atoms with van der Waals surface area (Å²) in [5.74, 6) is 1.49. The molecule has 34 heavy (non-hydrogen) atoms. The van der Waals surface area contributed by atoms with Crippen molar-refractivity contribution in [2.24, 2.45) is 23.7 Å². The van der Waals surface area contributed by atoms with Crippen molar-refractivity contribution in [3.63, 3.8) is 0 Å². The lowest BCUT2D eigenvalue weighted by Crippen LogP contribution is -2.42. The zero-order valence-electron chi connectivity index (χ0n) is 20.3. The van der Waals surface area contributed by atoms with E-state index in [-0.39, 0.29) is 24.2 Å². The first-order chi connectivity index (χ1) is 16.3. The summed E-state index contributed by atoms with van der Waals surface area (Å²) in [5.41, 5.74) is 3.42. The molecule has 3 aliphatic rings. The number of amides is 1. The number of hydrogen-bond acceptors (Lipinski definition) is 5. The predicted octanol–water partition coefficient (Wildman–Crippen LogP) is 5.00. The predicted molar refractivity (Wildman–Crippen MR) is 130 cm³/mol. The highest BCUT2D eigenvalue weighted by molar-refractivity contribution is 5.95.